The summed E-state index contributed by atoms with van der Waals surface area (Å²) in [4.78, 5) is 0. The SMILES string of the molecule is CCCNC(Cc1ccc(Cl)cc1)CC(C)C(C)(C)C. The van der Waals surface area contributed by atoms with Crippen LogP contribution in [0.3, 0.4) is 0 Å². The number of halogens is 1. The van der Waals surface area contributed by atoms with E-state index in [0.717, 1.165) is 18.0 Å². The number of benzene rings is 1. The summed E-state index contributed by atoms with van der Waals surface area (Å²) in [6.07, 6.45) is 3.48. The highest BCUT2D eigenvalue weighted by Crippen LogP contribution is 2.29. The lowest BCUT2D eigenvalue weighted by atomic mass is 9.78. The van der Waals surface area contributed by atoms with Crippen molar-refractivity contribution in [2.24, 2.45) is 11.3 Å². The summed E-state index contributed by atoms with van der Waals surface area (Å²) < 4.78 is 0. The first-order valence-corrected chi connectivity index (χ1v) is 8.18. The number of hydrogen-bond acceptors (Lipinski definition) is 1. The molecule has 0 amide bonds. The second-order valence-electron chi connectivity index (χ2n) is 6.98. The van der Waals surface area contributed by atoms with Crippen molar-refractivity contribution < 1.29 is 0 Å². The summed E-state index contributed by atoms with van der Waals surface area (Å²) in [5.74, 6) is 0.698. The Morgan fingerprint density at radius 3 is 2.25 bits per heavy atom. The fourth-order valence-corrected chi connectivity index (χ4v) is 2.40. The first-order valence-electron chi connectivity index (χ1n) is 7.80. The topological polar surface area (TPSA) is 12.0 Å². The molecule has 1 aromatic carbocycles. The summed E-state index contributed by atoms with van der Waals surface area (Å²) >= 11 is 5.96. The van der Waals surface area contributed by atoms with E-state index in [0.29, 0.717) is 17.4 Å². The molecule has 0 heterocycles. The van der Waals surface area contributed by atoms with Gasteiger partial charge in [-0.05, 0) is 54.8 Å². The molecule has 0 fully saturated rings. The van der Waals surface area contributed by atoms with Crippen LogP contribution in [-0.4, -0.2) is 12.6 Å². The minimum absolute atomic E-state index is 0.367. The molecule has 0 spiro atoms. The first-order chi connectivity index (χ1) is 9.32. The van der Waals surface area contributed by atoms with E-state index in [1.54, 1.807) is 0 Å². The summed E-state index contributed by atoms with van der Waals surface area (Å²) in [6, 6.07) is 8.81. The lowest BCUT2D eigenvalue weighted by molar-refractivity contribution is 0.222. The van der Waals surface area contributed by atoms with Crippen LogP contribution in [0.4, 0.5) is 0 Å². The van der Waals surface area contributed by atoms with E-state index in [4.69, 9.17) is 11.6 Å². The molecule has 0 aromatic heterocycles. The van der Waals surface area contributed by atoms with Crippen molar-refractivity contribution in [3.63, 3.8) is 0 Å². The Morgan fingerprint density at radius 2 is 1.75 bits per heavy atom. The summed E-state index contributed by atoms with van der Waals surface area (Å²) in [5.41, 5.74) is 1.73. The molecular formula is C18H30ClN. The number of hydrogen-bond donors (Lipinski definition) is 1. The van der Waals surface area contributed by atoms with E-state index in [1.165, 1.54) is 18.4 Å². The molecule has 114 valence electrons. The van der Waals surface area contributed by atoms with Crippen LogP contribution in [0.25, 0.3) is 0 Å². The van der Waals surface area contributed by atoms with E-state index in [2.05, 4.69) is 52.1 Å². The molecular weight excluding hydrogens is 266 g/mol. The Labute approximate surface area is 130 Å². The van der Waals surface area contributed by atoms with Gasteiger partial charge < -0.3 is 5.32 Å². The molecule has 1 aromatic rings. The largest absolute Gasteiger partial charge is 0.314 e. The predicted octanol–water partition coefficient (Wildman–Crippen LogP) is 5.32. The molecule has 0 aliphatic rings. The highest BCUT2D eigenvalue weighted by molar-refractivity contribution is 6.30. The van der Waals surface area contributed by atoms with Crippen LogP contribution in [0.5, 0.6) is 0 Å². The molecule has 0 bridgehead atoms. The minimum atomic E-state index is 0.367. The second-order valence-corrected chi connectivity index (χ2v) is 7.42. The molecule has 1 nitrogen and oxygen atoms in total. The summed E-state index contributed by atoms with van der Waals surface area (Å²) in [7, 11) is 0. The maximum Gasteiger partial charge on any atom is 0.0406 e. The maximum atomic E-state index is 5.96. The maximum absolute atomic E-state index is 5.96. The monoisotopic (exact) mass is 295 g/mol. The van der Waals surface area contributed by atoms with Gasteiger partial charge in [-0.2, -0.15) is 0 Å². The van der Waals surface area contributed by atoms with Gasteiger partial charge >= 0.3 is 0 Å². The van der Waals surface area contributed by atoms with Crippen LogP contribution in [0.15, 0.2) is 24.3 Å². The van der Waals surface area contributed by atoms with Crippen molar-refractivity contribution in [2.75, 3.05) is 6.54 Å². The molecule has 1 rings (SSSR count). The van der Waals surface area contributed by atoms with E-state index >= 15 is 0 Å². The molecule has 2 atom stereocenters. The Bertz CT molecular complexity index is 377. The first kappa shape index (κ1) is 17.5. The van der Waals surface area contributed by atoms with Gasteiger partial charge in [-0.25, -0.2) is 0 Å². The van der Waals surface area contributed by atoms with Crippen molar-refractivity contribution in [1.29, 1.82) is 0 Å². The van der Waals surface area contributed by atoms with Gasteiger partial charge in [-0.1, -0.05) is 58.4 Å². The van der Waals surface area contributed by atoms with Crippen LogP contribution in [0.1, 0.15) is 53.0 Å². The third kappa shape index (κ3) is 6.28. The predicted molar refractivity (Wildman–Crippen MR) is 90.5 cm³/mol. The molecule has 1 N–H and O–H groups in total. The summed E-state index contributed by atoms with van der Waals surface area (Å²) in [6.45, 7) is 12.7. The van der Waals surface area contributed by atoms with Crippen LogP contribution in [0.2, 0.25) is 5.02 Å². The third-order valence-electron chi connectivity index (χ3n) is 4.19. The van der Waals surface area contributed by atoms with Crippen molar-refractivity contribution in [2.45, 2.75) is 59.9 Å². The van der Waals surface area contributed by atoms with Crippen LogP contribution in [0, 0.1) is 11.3 Å². The van der Waals surface area contributed by atoms with Crippen molar-refractivity contribution in [3.8, 4) is 0 Å². The zero-order valence-corrected chi connectivity index (χ0v) is 14.4. The Morgan fingerprint density at radius 1 is 1.15 bits per heavy atom. The molecule has 0 aliphatic carbocycles. The number of nitrogens with one attached hydrogen (secondary N) is 1. The molecule has 0 saturated heterocycles. The fourth-order valence-electron chi connectivity index (χ4n) is 2.27. The Hall–Kier alpha value is -0.530. The van der Waals surface area contributed by atoms with E-state index in [-0.39, 0.29) is 0 Å². The van der Waals surface area contributed by atoms with Gasteiger partial charge in [0.05, 0.1) is 0 Å². The normalized spacial score (nSPS) is 15.1. The molecule has 0 saturated carbocycles. The standard InChI is InChI=1S/C18H30ClN/c1-6-11-20-17(12-14(2)18(3,4)5)13-15-7-9-16(19)10-8-15/h7-10,14,17,20H,6,11-13H2,1-5H3. The zero-order valence-electron chi connectivity index (χ0n) is 13.7. The van der Waals surface area contributed by atoms with Gasteiger partial charge in [0.15, 0.2) is 0 Å². The van der Waals surface area contributed by atoms with Gasteiger partial charge in [0, 0.05) is 11.1 Å². The average Bonchev–Trinajstić information content (AvgIpc) is 2.37. The van der Waals surface area contributed by atoms with Gasteiger partial charge in [-0.3, -0.25) is 0 Å². The van der Waals surface area contributed by atoms with E-state index < -0.39 is 0 Å². The second kappa shape index (κ2) is 8.05. The lowest BCUT2D eigenvalue weighted by Gasteiger charge is -2.31. The molecule has 0 radical (unpaired) electrons. The highest BCUT2D eigenvalue weighted by atomic mass is 35.5. The van der Waals surface area contributed by atoms with Crippen molar-refractivity contribution in [3.05, 3.63) is 34.9 Å². The fraction of sp³-hybridized carbons (Fsp3) is 0.667. The van der Waals surface area contributed by atoms with Crippen molar-refractivity contribution >= 4 is 11.6 Å². The molecule has 2 unspecified atom stereocenters. The number of rotatable bonds is 7. The van der Waals surface area contributed by atoms with Gasteiger partial charge in [-0.15, -0.1) is 0 Å². The Balaban J connectivity index is 2.66. The van der Waals surface area contributed by atoms with Gasteiger partial charge in [0.1, 0.15) is 0 Å². The lowest BCUT2D eigenvalue weighted by Crippen LogP contribution is -2.35. The molecule has 20 heavy (non-hydrogen) atoms. The van der Waals surface area contributed by atoms with Crippen molar-refractivity contribution in [1.82, 2.24) is 5.32 Å². The highest BCUT2D eigenvalue weighted by Gasteiger charge is 2.23. The molecule has 0 aliphatic heterocycles. The summed E-state index contributed by atoms with van der Waals surface area (Å²) in [5, 5.41) is 4.52. The minimum Gasteiger partial charge on any atom is -0.314 e. The zero-order chi connectivity index (χ0) is 15.2. The quantitative estimate of drug-likeness (QED) is 0.717. The van der Waals surface area contributed by atoms with Gasteiger partial charge in [0.2, 0.25) is 0 Å². The third-order valence-corrected chi connectivity index (χ3v) is 4.45. The van der Waals surface area contributed by atoms with Gasteiger partial charge in [0.25, 0.3) is 0 Å². The van der Waals surface area contributed by atoms with Crippen LogP contribution < -0.4 is 5.32 Å². The molecule has 2 heteroatoms. The average molecular weight is 296 g/mol. The van der Waals surface area contributed by atoms with E-state index in [9.17, 15) is 0 Å². The Kier molecular flexibility index (Phi) is 7.05. The van der Waals surface area contributed by atoms with E-state index in [1.807, 2.05) is 12.1 Å². The van der Waals surface area contributed by atoms with Crippen LogP contribution in [-0.2, 0) is 6.42 Å². The smallest absolute Gasteiger partial charge is 0.0406 e. The van der Waals surface area contributed by atoms with Crippen LogP contribution >= 0.6 is 11.6 Å².